The number of fused-ring (bicyclic) bond motifs is 1. The van der Waals surface area contributed by atoms with Gasteiger partial charge in [-0.25, -0.2) is 9.67 Å². The van der Waals surface area contributed by atoms with E-state index in [4.69, 9.17) is 9.72 Å². The van der Waals surface area contributed by atoms with Crippen LogP contribution in [-0.2, 0) is 22.6 Å². The first-order valence-corrected chi connectivity index (χ1v) is 11.3. The molecule has 174 valence electrons. The molecule has 1 saturated heterocycles. The molecule has 4 rings (SSSR count). The number of benzene rings is 1. The number of carbonyl (C=O) groups is 2. The maximum atomic E-state index is 12.8. The fourth-order valence-corrected chi connectivity index (χ4v) is 4.08. The van der Waals surface area contributed by atoms with Crippen molar-refractivity contribution in [2.45, 2.75) is 52.7 Å². The Labute approximate surface area is 192 Å². The first kappa shape index (κ1) is 22.7. The van der Waals surface area contributed by atoms with Crippen molar-refractivity contribution in [1.29, 1.82) is 0 Å². The molecule has 0 atom stereocenters. The van der Waals surface area contributed by atoms with Gasteiger partial charge in [0.25, 0.3) is 5.91 Å². The lowest BCUT2D eigenvalue weighted by Gasteiger charge is -2.26. The molecule has 0 unspecified atom stereocenters. The summed E-state index contributed by atoms with van der Waals surface area (Å²) in [5.74, 6) is -0.341. The summed E-state index contributed by atoms with van der Waals surface area (Å²) in [7, 11) is 0. The number of rotatable bonds is 7. The van der Waals surface area contributed by atoms with Crippen molar-refractivity contribution < 1.29 is 14.3 Å². The zero-order chi connectivity index (χ0) is 23.4. The van der Waals surface area contributed by atoms with Crippen molar-refractivity contribution in [2.24, 2.45) is 0 Å². The molecule has 2 aromatic heterocycles. The highest BCUT2D eigenvalue weighted by molar-refractivity contribution is 5.96. The Hall–Kier alpha value is -3.46. The number of aryl methyl sites for hydroxylation is 2. The molecular weight excluding hydrogens is 420 g/mol. The standard InChI is InChI=1S/C24H30N6O3/c1-4-30-23-21(14-26-30)22(29-19-9-11-33-12-10-19)20(15(2)27-23)13-25-24(32)17-5-7-18(8-6-17)28-16(3)31/h5-8,14,19H,4,9-13H2,1-3H3,(H,25,32)(H,27,29)(H,28,31). The van der Waals surface area contributed by atoms with E-state index in [2.05, 4.69) is 21.0 Å². The zero-order valence-corrected chi connectivity index (χ0v) is 19.3. The largest absolute Gasteiger partial charge is 0.381 e. The van der Waals surface area contributed by atoms with Gasteiger partial charge in [0.15, 0.2) is 5.65 Å². The highest BCUT2D eigenvalue weighted by Gasteiger charge is 2.21. The van der Waals surface area contributed by atoms with Crippen LogP contribution in [-0.4, -0.2) is 45.8 Å². The first-order chi connectivity index (χ1) is 16.0. The SMILES string of the molecule is CCn1ncc2c(NC3CCOCC3)c(CNC(=O)c3ccc(NC(C)=O)cc3)c(C)nc21. The maximum absolute atomic E-state index is 12.8. The third-order valence-electron chi connectivity index (χ3n) is 5.86. The van der Waals surface area contributed by atoms with Crippen LogP contribution in [0.5, 0.6) is 0 Å². The van der Waals surface area contributed by atoms with E-state index in [0.717, 1.165) is 60.6 Å². The molecule has 3 heterocycles. The highest BCUT2D eigenvalue weighted by atomic mass is 16.5. The van der Waals surface area contributed by atoms with Crippen molar-refractivity contribution in [3.8, 4) is 0 Å². The molecule has 3 aromatic rings. The van der Waals surface area contributed by atoms with Gasteiger partial charge in [-0.3, -0.25) is 9.59 Å². The van der Waals surface area contributed by atoms with Gasteiger partial charge in [0.1, 0.15) is 0 Å². The number of anilines is 2. The molecule has 3 N–H and O–H groups in total. The van der Waals surface area contributed by atoms with E-state index in [1.165, 1.54) is 6.92 Å². The minimum absolute atomic E-state index is 0.151. The third kappa shape index (κ3) is 5.14. The molecule has 0 saturated carbocycles. The van der Waals surface area contributed by atoms with Gasteiger partial charge < -0.3 is 20.7 Å². The van der Waals surface area contributed by atoms with E-state index in [1.807, 2.05) is 24.7 Å². The van der Waals surface area contributed by atoms with Gasteiger partial charge >= 0.3 is 0 Å². The number of nitrogens with one attached hydrogen (secondary N) is 3. The van der Waals surface area contributed by atoms with E-state index < -0.39 is 0 Å². The summed E-state index contributed by atoms with van der Waals surface area (Å²) in [6.45, 7) is 8.00. The van der Waals surface area contributed by atoms with Crippen LogP contribution in [0.25, 0.3) is 11.0 Å². The highest BCUT2D eigenvalue weighted by Crippen LogP contribution is 2.30. The quantitative estimate of drug-likeness (QED) is 0.510. The minimum atomic E-state index is -0.190. The molecule has 0 radical (unpaired) electrons. The van der Waals surface area contributed by atoms with Crippen LogP contribution in [0.15, 0.2) is 30.5 Å². The Morgan fingerprint density at radius 2 is 1.91 bits per heavy atom. The van der Waals surface area contributed by atoms with E-state index >= 15 is 0 Å². The van der Waals surface area contributed by atoms with Crippen LogP contribution >= 0.6 is 0 Å². The Morgan fingerprint density at radius 1 is 1.18 bits per heavy atom. The Morgan fingerprint density at radius 3 is 2.58 bits per heavy atom. The number of amides is 2. The average molecular weight is 451 g/mol. The Bertz CT molecular complexity index is 1150. The number of pyridine rings is 1. The fraction of sp³-hybridized carbons (Fsp3) is 0.417. The van der Waals surface area contributed by atoms with Crippen LogP contribution < -0.4 is 16.0 Å². The van der Waals surface area contributed by atoms with Crippen LogP contribution in [0.3, 0.4) is 0 Å². The second-order valence-electron chi connectivity index (χ2n) is 8.22. The summed E-state index contributed by atoms with van der Waals surface area (Å²) >= 11 is 0. The van der Waals surface area contributed by atoms with E-state index in [9.17, 15) is 9.59 Å². The summed E-state index contributed by atoms with van der Waals surface area (Å²) in [5.41, 5.74) is 4.80. The van der Waals surface area contributed by atoms with Crippen LogP contribution in [0, 0.1) is 6.92 Å². The number of nitrogens with zero attached hydrogens (tertiary/aromatic N) is 3. The zero-order valence-electron chi connectivity index (χ0n) is 19.3. The van der Waals surface area contributed by atoms with Crippen molar-refractivity contribution in [3.63, 3.8) is 0 Å². The summed E-state index contributed by atoms with van der Waals surface area (Å²) in [5, 5.41) is 14.9. The molecule has 33 heavy (non-hydrogen) atoms. The fourth-order valence-electron chi connectivity index (χ4n) is 4.08. The molecule has 9 nitrogen and oxygen atoms in total. The van der Waals surface area contributed by atoms with Gasteiger partial charge in [0.2, 0.25) is 5.91 Å². The number of carbonyl (C=O) groups excluding carboxylic acids is 2. The summed E-state index contributed by atoms with van der Waals surface area (Å²) in [6.07, 6.45) is 3.70. The number of aromatic nitrogens is 3. The van der Waals surface area contributed by atoms with E-state index in [-0.39, 0.29) is 11.8 Å². The molecule has 1 aromatic carbocycles. The minimum Gasteiger partial charge on any atom is -0.381 e. The molecule has 9 heteroatoms. The second-order valence-corrected chi connectivity index (χ2v) is 8.22. The van der Waals surface area contributed by atoms with Crippen LogP contribution in [0.2, 0.25) is 0 Å². The Kier molecular flexibility index (Phi) is 6.88. The van der Waals surface area contributed by atoms with Gasteiger partial charge in [0, 0.05) is 61.8 Å². The predicted octanol–water partition coefficient (Wildman–Crippen LogP) is 3.24. The summed E-state index contributed by atoms with van der Waals surface area (Å²) in [4.78, 5) is 28.8. The van der Waals surface area contributed by atoms with Gasteiger partial charge in [-0.05, 0) is 51.0 Å². The van der Waals surface area contributed by atoms with Gasteiger partial charge in [-0.1, -0.05) is 0 Å². The average Bonchev–Trinajstić information content (AvgIpc) is 3.22. The maximum Gasteiger partial charge on any atom is 0.251 e. The molecule has 0 spiro atoms. The van der Waals surface area contributed by atoms with E-state index in [0.29, 0.717) is 23.8 Å². The smallest absolute Gasteiger partial charge is 0.251 e. The summed E-state index contributed by atoms with van der Waals surface area (Å²) in [6, 6.07) is 7.12. The number of hydrogen-bond acceptors (Lipinski definition) is 6. The molecule has 1 fully saturated rings. The molecule has 0 bridgehead atoms. The van der Waals surface area contributed by atoms with Crippen LogP contribution in [0.1, 0.15) is 48.3 Å². The van der Waals surface area contributed by atoms with Crippen LogP contribution in [0.4, 0.5) is 11.4 Å². The van der Waals surface area contributed by atoms with Crippen molar-refractivity contribution in [1.82, 2.24) is 20.1 Å². The lowest BCUT2D eigenvalue weighted by Crippen LogP contribution is -2.30. The lowest BCUT2D eigenvalue weighted by molar-refractivity contribution is -0.114. The monoisotopic (exact) mass is 450 g/mol. The third-order valence-corrected chi connectivity index (χ3v) is 5.86. The van der Waals surface area contributed by atoms with Gasteiger partial charge in [-0.15, -0.1) is 0 Å². The van der Waals surface area contributed by atoms with Gasteiger partial charge in [-0.2, -0.15) is 5.10 Å². The van der Waals surface area contributed by atoms with Crippen molar-refractivity contribution in [2.75, 3.05) is 23.8 Å². The summed E-state index contributed by atoms with van der Waals surface area (Å²) < 4.78 is 7.39. The molecule has 0 aliphatic carbocycles. The normalized spacial score (nSPS) is 14.3. The number of ether oxygens (including phenoxy) is 1. The topological polar surface area (TPSA) is 110 Å². The Balaban J connectivity index is 1.58. The molecule has 1 aliphatic heterocycles. The predicted molar refractivity (Wildman–Crippen MR) is 127 cm³/mol. The number of hydrogen-bond donors (Lipinski definition) is 3. The van der Waals surface area contributed by atoms with Gasteiger partial charge in [0.05, 0.1) is 17.3 Å². The molecule has 2 amide bonds. The first-order valence-electron chi connectivity index (χ1n) is 11.3. The lowest BCUT2D eigenvalue weighted by atomic mass is 10.0. The molecular formula is C24H30N6O3. The van der Waals surface area contributed by atoms with E-state index in [1.54, 1.807) is 24.3 Å². The van der Waals surface area contributed by atoms with Crippen molar-refractivity contribution >= 4 is 34.2 Å². The molecule has 1 aliphatic rings. The van der Waals surface area contributed by atoms with Crippen molar-refractivity contribution in [3.05, 3.63) is 47.3 Å². The second kappa shape index (κ2) is 9.99.